The van der Waals surface area contributed by atoms with Crippen molar-refractivity contribution in [3.05, 3.63) is 161 Å². The molecule has 1 spiro atoms. The molecule has 0 saturated carbocycles. The van der Waals surface area contributed by atoms with Gasteiger partial charge in [-0.05, 0) is 68.8 Å². The number of para-hydroxylation sites is 1. The first-order valence-corrected chi connectivity index (χ1v) is 15.7. The van der Waals surface area contributed by atoms with Crippen LogP contribution in [0.3, 0.4) is 0 Å². The van der Waals surface area contributed by atoms with E-state index in [0.717, 1.165) is 40.5 Å². The van der Waals surface area contributed by atoms with E-state index in [2.05, 4.69) is 134 Å². The highest BCUT2D eigenvalue weighted by Crippen LogP contribution is 2.67. The van der Waals surface area contributed by atoms with Crippen LogP contribution in [-0.4, -0.2) is 9.55 Å². The molecule has 0 N–H and O–H groups in total. The van der Waals surface area contributed by atoms with Gasteiger partial charge in [0.25, 0.3) is 0 Å². The lowest BCUT2D eigenvalue weighted by Crippen LogP contribution is -2.39. The van der Waals surface area contributed by atoms with Gasteiger partial charge in [-0.3, -0.25) is 4.57 Å². The first-order chi connectivity index (χ1) is 21.6. The second-order valence-corrected chi connectivity index (χ2v) is 12.8. The summed E-state index contributed by atoms with van der Waals surface area (Å²) in [5, 5.41) is 0. The second-order valence-electron chi connectivity index (χ2n) is 12.8. The van der Waals surface area contributed by atoms with E-state index in [4.69, 9.17) is 9.72 Å². The molecule has 4 aliphatic rings. The predicted octanol–water partition coefficient (Wildman–Crippen LogP) is 9.55. The number of hydrogen-bond donors (Lipinski definition) is 0. The number of allylic oxidation sites excluding steroid dienone is 4. The number of rotatable bonds is 2. The van der Waals surface area contributed by atoms with Gasteiger partial charge in [0, 0.05) is 17.8 Å². The summed E-state index contributed by atoms with van der Waals surface area (Å²) in [6.07, 6.45) is 8.24. The zero-order valence-electron chi connectivity index (χ0n) is 24.7. The third kappa shape index (κ3) is 2.77. The molecule has 0 amide bonds. The van der Waals surface area contributed by atoms with Crippen LogP contribution in [-0.2, 0) is 17.3 Å². The van der Waals surface area contributed by atoms with Crippen LogP contribution < -0.4 is 4.74 Å². The molecular weight excluding hydrogens is 536 g/mol. The van der Waals surface area contributed by atoms with Crippen LogP contribution in [0.25, 0.3) is 33.4 Å². The Kier molecular flexibility index (Phi) is 4.57. The number of aryl methyl sites for hydroxylation is 1. The topological polar surface area (TPSA) is 27.1 Å². The Balaban J connectivity index is 1.21. The number of hydrogen-bond acceptors (Lipinski definition) is 2. The van der Waals surface area contributed by atoms with Gasteiger partial charge in [-0.25, -0.2) is 4.98 Å². The van der Waals surface area contributed by atoms with Crippen LogP contribution in [0.4, 0.5) is 0 Å². The van der Waals surface area contributed by atoms with Crippen molar-refractivity contribution >= 4 is 16.6 Å². The van der Waals surface area contributed by atoms with E-state index in [0.29, 0.717) is 0 Å². The molecule has 10 rings (SSSR count). The summed E-state index contributed by atoms with van der Waals surface area (Å²) in [7, 11) is 0. The minimum Gasteiger partial charge on any atom is -0.453 e. The first-order valence-electron chi connectivity index (χ1n) is 15.7. The van der Waals surface area contributed by atoms with E-state index >= 15 is 0 Å². The Hall–Kier alpha value is -5.15. The first kappa shape index (κ1) is 24.3. The van der Waals surface area contributed by atoms with Gasteiger partial charge in [0.1, 0.15) is 11.3 Å². The molecule has 44 heavy (non-hydrogen) atoms. The van der Waals surface area contributed by atoms with Crippen molar-refractivity contribution in [1.82, 2.24) is 9.55 Å². The number of ether oxygens (including phenoxy) is 1. The SMILES string of the molecule is CCc1nc2cccc3c2n1-c1cc(C2=CC4C(C)(C=C2)c2ccccc2C42c4ccccc4-c4ccccc42)ccc1O3. The zero-order chi connectivity index (χ0) is 29.2. The summed E-state index contributed by atoms with van der Waals surface area (Å²) in [6, 6.07) is 40.1. The maximum atomic E-state index is 6.43. The molecular formula is C41H30N2O. The summed E-state index contributed by atoms with van der Waals surface area (Å²) in [4.78, 5) is 4.96. The van der Waals surface area contributed by atoms with Gasteiger partial charge in [-0.15, -0.1) is 0 Å². The summed E-state index contributed by atoms with van der Waals surface area (Å²) >= 11 is 0. The van der Waals surface area contributed by atoms with Crippen molar-refractivity contribution in [1.29, 1.82) is 0 Å². The van der Waals surface area contributed by atoms with Crippen LogP contribution >= 0.6 is 0 Å². The fraction of sp³-hybridized carbons (Fsp3) is 0.146. The van der Waals surface area contributed by atoms with Crippen molar-refractivity contribution in [2.45, 2.75) is 31.1 Å². The van der Waals surface area contributed by atoms with Crippen molar-refractivity contribution in [3.63, 3.8) is 0 Å². The van der Waals surface area contributed by atoms with Gasteiger partial charge >= 0.3 is 0 Å². The quantitative estimate of drug-likeness (QED) is 0.208. The summed E-state index contributed by atoms with van der Waals surface area (Å²) in [6.45, 7) is 4.61. The predicted molar refractivity (Wildman–Crippen MR) is 177 cm³/mol. The van der Waals surface area contributed by atoms with Gasteiger partial charge < -0.3 is 4.74 Å². The Morgan fingerprint density at radius 1 is 0.750 bits per heavy atom. The van der Waals surface area contributed by atoms with Crippen molar-refractivity contribution in [2.24, 2.45) is 5.92 Å². The molecule has 0 saturated heterocycles. The lowest BCUT2D eigenvalue weighted by molar-refractivity contribution is 0.373. The molecule has 0 bridgehead atoms. The average molecular weight is 567 g/mol. The molecule has 6 aromatic rings. The van der Waals surface area contributed by atoms with Crippen molar-refractivity contribution in [3.8, 4) is 28.3 Å². The van der Waals surface area contributed by atoms with Gasteiger partial charge in [-0.2, -0.15) is 0 Å². The van der Waals surface area contributed by atoms with Crippen molar-refractivity contribution < 1.29 is 4.74 Å². The number of nitrogens with zero attached hydrogens (tertiary/aromatic N) is 2. The average Bonchev–Trinajstić information content (AvgIpc) is 3.68. The maximum absolute atomic E-state index is 6.43. The van der Waals surface area contributed by atoms with Crippen LogP contribution in [0.1, 0.15) is 47.5 Å². The number of imidazole rings is 1. The van der Waals surface area contributed by atoms with Crippen LogP contribution in [0.2, 0.25) is 0 Å². The van der Waals surface area contributed by atoms with Crippen LogP contribution in [0.5, 0.6) is 11.5 Å². The third-order valence-electron chi connectivity index (χ3n) is 10.8. The van der Waals surface area contributed by atoms with E-state index < -0.39 is 0 Å². The van der Waals surface area contributed by atoms with E-state index in [1.807, 2.05) is 12.1 Å². The normalized spacial score (nSPS) is 20.9. The molecule has 3 heteroatoms. The van der Waals surface area contributed by atoms with E-state index in [-0.39, 0.29) is 16.7 Å². The Morgan fingerprint density at radius 3 is 2.20 bits per heavy atom. The molecule has 3 nitrogen and oxygen atoms in total. The summed E-state index contributed by atoms with van der Waals surface area (Å²) in [5.74, 6) is 3.00. The Labute approximate surface area is 256 Å². The molecule has 1 aromatic heterocycles. The molecule has 210 valence electrons. The smallest absolute Gasteiger partial charge is 0.153 e. The highest BCUT2D eigenvalue weighted by Gasteiger charge is 2.61. The van der Waals surface area contributed by atoms with Gasteiger partial charge in [-0.1, -0.05) is 117 Å². The van der Waals surface area contributed by atoms with E-state index in [1.54, 1.807) is 0 Å². The highest BCUT2D eigenvalue weighted by atomic mass is 16.5. The molecule has 3 aliphatic carbocycles. The highest BCUT2D eigenvalue weighted by molar-refractivity contribution is 5.90. The van der Waals surface area contributed by atoms with E-state index in [1.165, 1.54) is 44.5 Å². The van der Waals surface area contributed by atoms with Gasteiger partial charge in [0.05, 0.1) is 16.6 Å². The number of benzene rings is 5. The molecule has 5 aromatic carbocycles. The Bertz CT molecular complexity index is 2240. The van der Waals surface area contributed by atoms with Crippen molar-refractivity contribution in [2.75, 3.05) is 0 Å². The molecule has 1 aliphatic heterocycles. The fourth-order valence-electron chi connectivity index (χ4n) is 8.96. The standard InChI is InChI=1S/C41H30N2O/c1-3-38-42-33-17-10-18-36-39(33)43(38)34-23-25(19-20-35(34)44-36)26-21-22-40(2)31-15-8-9-16-32(31)41(37(40)24-26)29-13-6-4-11-27(29)28-12-5-7-14-30(28)41/h4-24,37H,3H2,1-2H3. The minimum atomic E-state index is -0.267. The third-order valence-corrected chi connectivity index (χ3v) is 10.8. The lowest BCUT2D eigenvalue weighted by Gasteiger charge is -2.41. The summed E-state index contributed by atoms with van der Waals surface area (Å²) in [5.41, 5.74) is 13.5. The molecule has 0 radical (unpaired) electrons. The van der Waals surface area contributed by atoms with Crippen LogP contribution in [0.15, 0.2) is 127 Å². The molecule has 0 fully saturated rings. The molecule has 2 unspecified atom stereocenters. The lowest BCUT2D eigenvalue weighted by atomic mass is 9.60. The zero-order valence-corrected chi connectivity index (χ0v) is 24.7. The minimum absolute atomic E-state index is 0.146. The molecule has 2 atom stereocenters. The second kappa shape index (κ2) is 8.27. The van der Waals surface area contributed by atoms with Gasteiger partial charge in [0.15, 0.2) is 11.5 Å². The number of aromatic nitrogens is 2. The number of fused-ring (bicyclic) bond motifs is 12. The molecule has 2 heterocycles. The van der Waals surface area contributed by atoms with Gasteiger partial charge in [0.2, 0.25) is 0 Å². The maximum Gasteiger partial charge on any atom is 0.153 e. The monoisotopic (exact) mass is 566 g/mol. The summed E-state index contributed by atoms with van der Waals surface area (Å²) < 4.78 is 8.74. The van der Waals surface area contributed by atoms with Crippen LogP contribution in [0, 0.1) is 5.92 Å². The Morgan fingerprint density at radius 2 is 1.45 bits per heavy atom. The largest absolute Gasteiger partial charge is 0.453 e. The fourth-order valence-corrected chi connectivity index (χ4v) is 8.96. The van der Waals surface area contributed by atoms with E-state index in [9.17, 15) is 0 Å².